The van der Waals surface area contributed by atoms with Crippen LogP contribution in [0.3, 0.4) is 0 Å². The van der Waals surface area contributed by atoms with Crippen LogP contribution in [0.15, 0.2) is 48.6 Å². The zero-order chi connectivity index (χ0) is 51.0. The average Bonchev–Trinajstić information content (AvgIpc) is 4.04. The van der Waals surface area contributed by atoms with Crippen molar-refractivity contribution in [1.29, 1.82) is 0 Å². The second-order valence-corrected chi connectivity index (χ2v) is 22.9. The summed E-state index contributed by atoms with van der Waals surface area (Å²) in [7, 11) is 5.06. The van der Waals surface area contributed by atoms with Crippen molar-refractivity contribution in [3.05, 3.63) is 48.6 Å². The molecule has 9 fully saturated rings. The highest BCUT2D eigenvalue weighted by molar-refractivity contribution is 5.23. The predicted octanol–water partition coefficient (Wildman–Crippen LogP) is 10.1. The Morgan fingerprint density at radius 2 is 0.843 bits per heavy atom. The summed E-state index contributed by atoms with van der Waals surface area (Å²) in [5, 5.41) is 30.8. The van der Waals surface area contributed by atoms with Gasteiger partial charge in [-0.15, -0.1) is 6.58 Å². The third kappa shape index (κ3) is 13.3. The van der Waals surface area contributed by atoms with Crippen molar-refractivity contribution in [2.24, 2.45) is 17.8 Å². The molecule has 3 aliphatic carbocycles. The van der Waals surface area contributed by atoms with Gasteiger partial charge in [-0.1, -0.05) is 101 Å². The van der Waals surface area contributed by atoms with Crippen LogP contribution in [0.25, 0.3) is 0 Å². The van der Waals surface area contributed by atoms with Crippen LogP contribution in [0.2, 0.25) is 0 Å². The Kier molecular flexibility index (Phi) is 20.5. The van der Waals surface area contributed by atoms with Crippen LogP contribution in [0.4, 0.5) is 0 Å². The summed E-state index contributed by atoms with van der Waals surface area (Å²) in [6.07, 6.45) is 30.9. The minimum atomic E-state index is -0.412. The van der Waals surface area contributed by atoms with Gasteiger partial charge in [0.2, 0.25) is 0 Å². The third-order valence-corrected chi connectivity index (χ3v) is 17.5. The Labute approximate surface area is 423 Å². The maximum Gasteiger partial charge on any atom is 0.101 e. The molecule has 70 heavy (non-hydrogen) atoms. The molecule has 6 saturated heterocycles. The summed E-state index contributed by atoms with van der Waals surface area (Å²) in [6.45, 7) is 23.2. The summed E-state index contributed by atoms with van der Waals surface area (Å²) in [4.78, 5) is 0. The Balaban J connectivity index is 0.000000163. The quantitative estimate of drug-likeness (QED) is 0.0568. The van der Waals surface area contributed by atoms with E-state index in [9.17, 15) is 15.3 Å². The first kappa shape index (κ1) is 57.8. The molecular weight excluding hydrogens is 889 g/mol. The highest BCUT2D eigenvalue weighted by Crippen LogP contribution is 2.62. The lowest BCUT2D eigenvalue weighted by Crippen LogP contribution is -2.54. The number of aliphatic hydroxyl groups is 3. The Hall–Kier alpha value is -1.52. The van der Waals surface area contributed by atoms with Gasteiger partial charge in [0.05, 0.1) is 109 Å². The first-order valence-electron chi connectivity index (χ1n) is 27.6. The minimum absolute atomic E-state index is 0.116. The summed E-state index contributed by atoms with van der Waals surface area (Å²) in [5.41, 5.74) is 0.275. The Morgan fingerprint density at radius 1 is 0.529 bits per heavy atom. The first-order chi connectivity index (χ1) is 33.5. The first-order valence-corrected chi connectivity index (χ1v) is 27.6. The molecule has 12 heteroatoms. The maximum absolute atomic E-state index is 10.3. The molecule has 6 aliphatic heterocycles. The molecule has 0 unspecified atom stereocenters. The number of rotatable bonds is 21. The molecule has 0 aromatic heterocycles. The molecule has 0 aromatic carbocycles. The summed E-state index contributed by atoms with van der Waals surface area (Å²) in [6, 6.07) is 0. The standard InChI is InChI=1S/2C18H30O4.C16H26O4.C6H12/c2*1-4-5-6-7-8-9-14-17(2,22-14)16-15(20-3)13(19)10-11-18(16)12-21-18;1-10(2)5-6-12-15(3,20-12)14-13(18-4)11(17)7-8-16(14)9-19-16;1-3-5-6-4-2/h2*7-8,13-16,19H,4-6,9-12H2,1-3H3;5,11-14,17H,6-9H2,1-4H3;3H,1,4-6H2,2H3/b2*8-7+;;/t2*13-,14-,15-,16-,17+,18+;11-,12-,13-,14-,15+,16+;/m111./s1. The van der Waals surface area contributed by atoms with Crippen molar-refractivity contribution in [1.82, 2.24) is 0 Å². The van der Waals surface area contributed by atoms with Crippen molar-refractivity contribution in [2.75, 3.05) is 41.2 Å². The number of epoxide rings is 6. The van der Waals surface area contributed by atoms with E-state index in [1.165, 1.54) is 50.5 Å². The molecule has 18 atom stereocenters. The number of allylic oxidation sites excluding steroid dienone is 4. The fourth-order valence-electron chi connectivity index (χ4n) is 12.9. The second kappa shape index (κ2) is 24.9. The lowest BCUT2D eigenvalue weighted by atomic mass is 9.68. The van der Waals surface area contributed by atoms with Gasteiger partial charge in [-0.2, -0.15) is 0 Å². The molecule has 0 bridgehead atoms. The summed E-state index contributed by atoms with van der Waals surface area (Å²) in [5.74, 6) is 0.380. The van der Waals surface area contributed by atoms with Gasteiger partial charge in [-0.25, -0.2) is 0 Å². The van der Waals surface area contributed by atoms with Gasteiger partial charge in [0, 0.05) is 21.3 Å². The highest BCUT2D eigenvalue weighted by Gasteiger charge is 2.74. The Morgan fingerprint density at radius 3 is 1.10 bits per heavy atom. The zero-order valence-corrected chi connectivity index (χ0v) is 45.5. The molecule has 3 saturated carbocycles. The SMILES string of the molecule is C=CCCCC.CCCC/C=C/C[C@H]1O[C@]1(C)[C@H]1[C@H](OC)[C@H](O)CC[C@]12CO2.CCCC/C=C/C[C@H]1O[C@]1(C)[C@H]1[C@H](OC)[C@H](O)CC[C@]12CO2.CO[C@@H]1[C@H](O)CC[C@]2(CO2)[C@H]1[C@@]1(C)O[C@@H]1CC=C(C)C. The van der Waals surface area contributed by atoms with Gasteiger partial charge in [-0.05, 0) is 112 Å². The molecule has 0 aromatic rings. The molecule has 3 N–H and O–H groups in total. The smallest absolute Gasteiger partial charge is 0.101 e. The maximum atomic E-state index is 10.3. The van der Waals surface area contributed by atoms with E-state index in [-0.39, 0.29) is 88.0 Å². The normalized spacial score (nSPS) is 44.7. The summed E-state index contributed by atoms with van der Waals surface area (Å²) < 4.78 is 52.5. The van der Waals surface area contributed by atoms with E-state index in [2.05, 4.69) is 92.3 Å². The van der Waals surface area contributed by atoms with Crippen LogP contribution in [0.5, 0.6) is 0 Å². The molecular formula is C58H98O12. The minimum Gasteiger partial charge on any atom is -0.390 e. The molecule has 12 nitrogen and oxygen atoms in total. The molecule has 0 radical (unpaired) electrons. The predicted molar refractivity (Wildman–Crippen MR) is 275 cm³/mol. The lowest BCUT2D eigenvalue weighted by Gasteiger charge is -2.41. The van der Waals surface area contributed by atoms with Crippen LogP contribution in [-0.2, 0) is 42.6 Å². The Bertz CT molecular complexity index is 1640. The van der Waals surface area contributed by atoms with Crippen molar-refractivity contribution in [3.8, 4) is 0 Å². The van der Waals surface area contributed by atoms with Crippen LogP contribution < -0.4 is 0 Å². The third-order valence-electron chi connectivity index (χ3n) is 17.5. The molecule has 402 valence electrons. The van der Waals surface area contributed by atoms with E-state index < -0.39 is 18.3 Å². The number of hydrogen-bond donors (Lipinski definition) is 3. The lowest BCUT2D eigenvalue weighted by molar-refractivity contribution is -0.116. The molecule has 9 rings (SSSR count). The van der Waals surface area contributed by atoms with Gasteiger partial charge in [0.15, 0.2) is 0 Å². The number of ether oxygens (including phenoxy) is 9. The van der Waals surface area contributed by atoms with E-state index in [1.807, 2.05) is 6.08 Å². The number of unbranched alkanes of at least 4 members (excludes halogenated alkanes) is 6. The highest BCUT2D eigenvalue weighted by atomic mass is 16.6. The van der Waals surface area contributed by atoms with Crippen LogP contribution in [-0.4, -0.2) is 145 Å². The van der Waals surface area contributed by atoms with Gasteiger partial charge in [-0.3, -0.25) is 0 Å². The van der Waals surface area contributed by atoms with E-state index in [0.717, 1.165) is 90.4 Å². The van der Waals surface area contributed by atoms with E-state index in [4.69, 9.17) is 42.6 Å². The number of aliphatic hydroxyl groups excluding tert-OH is 3. The van der Waals surface area contributed by atoms with E-state index >= 15 is 0 Å². The number of methoxy groups -OCH3 is 3. The van der Waals surface area contributed by atoms with Crippen LogP contribution in [0, 0.1) is 17.8 Å². The van der Waals surface area contributed by atoms with Crippen molar-refractivity contribution >= 4 is 0 Å². The van der Waals surface area contributed by atoms with Crippen molar-refractivity contribution < 1.29 is 58.0 Å². The van der Waals surface area contributed by atoms with Crippen molar-refractivity contribution in [2.45, 2.75) is 260 Å². The molecule has 3 spiro atoms. The zero-order valence-electron chi connectivity index (χ0n) is 45.5. The monoisotopic (exact) mass is 987 g/mol. The topological polar surface area (TPSA) is 164 Å². The number of hydrogen-bond acceptors (Lipinski definition) is 12. The van der Waals surface area contributed by atoms with Crippen LogP contribution in [0.1, 0.15) is 171 Å². The van der Waals surface area contributed by atoms with Gasteiger partial charge < -0.3 is 58.0 Å². The largest absolute Gasteiger partial charge is 0.390 e. The van der Waals surface area contributed by atoms with Crippen molar-refractivity contribution in [3.63, 3.8) is 0 Å². The molecule has 0 amide bonds. The van der Waals surface area contributed by atoms with Gasteiger partial charge in [0.1, 0.15) is 16.8 Å². The fraction of sp³-hybridized carbons (Fsp3) is 0.862. The van der Waals surface area contributed by atoms with E-state index in [1.54, 1.807) is 21.3 Å². The molecule has 9 aliphatic rings. The fourth-order valence-corrected chi connectivity index (χ4v) is 12.9. The average molecular weight is 987 g/mol. The van der Waals surface area contributed by atoms with E-state index in [0.29, 0.717) is 0 Å². The van der Waals surface area contributed by atoms with Gasteiger partial charge in [0.25, 0.3) is 0 Å². The second-order valence-electron chi connectivity index (χ2n) is 22.9. The summed E-state index contributed by atoms with van der Waals surface area (Å²) >= 11 is 0. The molecule has 6 heterocycles. The van der Waals surface area contributed by atoms with Crippen LogP contribution >= 0.6 is 0 Å². The van der Waals surface area contributed by atoms with Gasteiger partial charge >= 0.3 is 0 Å².